The van der Waals surface area contributed by atoms with E-state index in [0.717, 1.165) is 36.4 Å². The lowest BCUT2D eigenvalue weighted by Gasteiger charge is -2.30. The van der Waals surface area contributed by atoms with Gasteiger partial charge in [-0.2, -0.15) is 0 Å². The Hall–Kier alpha value is -3.01. The monoisotopic (exact) mass is 393 g/mol. The molecule has 5 N–H and O–H groups in total. The molecule has 2 aromatic heterocycles. The fourth-order valence-corrected chi connectivity index (χ4v) is 4.38. The molecular weight excluding hydrogens is 370 g/mol. The SMILES string of the molecule is O=C(NO)c1ccc(Nc2nc(C3CCC4CNNC4C3)cn3ccnc23)cc1. The van der Waals surface area contributed by atoms with Gasteiger partial charge in [-0.25, -0.2) is 15.4 Å². The van der Waals surface area contributed by atoms with Crippen molar-refractivity contribution in [3.63, 3.8) is 0 Å². The molecule has 0 radical (unpaired) electrons. The van der Waals surface area contributed by atoms with E-state index in [9.17, 15) is 4.79 Å². The number of carbonyl (C=O) groups is 1. The molecule has 1 saturated carbocycles. The van der Waals surface area contributed by atoms with Gasteiger partial charge in [0.1, 0.15) is 0 Å². The van der Waals surface area contributed by atoms with Crippen LogP contribution in [0.1, 0.15) is 41.2 Å². The van der Waals surface area contributed by atoms with Crippen molar-refractivity contribution >= 4 is 23.1 Å². The Bertz CT molecular complexity index is 1030. The van der Waals surface area contributed by atoms with Crippen LogP contribution in [0.25, 0.3) is 5.65 Å². The van der Waals surface area contributed by atoms with E-state index >= 15 is 0 Å². The van der Waals surface area contributed by atoms with Crippen LogP contribution < -0.4 is 21.6 Å². The van der Waals surface area contributed by atoms with Crippen molar-refractivity contribution in [3.8, 4) is 0 Å². The first-order valence-electron chi connectivity index (χ1n) is 9.85. The second-order valence-electron chi connectivity index (χ2n) is 7.72. The molecule has 1 saturated heterocycles. The maximum absolute atomic E-state index is 11.5. The van der Waals surface area contributed by atoms with Crippen molar-refractivity contribution in [1.29, 1.82) is 0 Å². The average molecular weight is 393 g/mol. The summed E-state index contributed by atoms with van der Waals surface area (Å²) in [5.74, 6) is 1.24. The number of aromatic nitrogens is 3. The zero-order valence-corrected chi connectivity index (χ0v) is 15.8. The van der Waals surface area contributed by atoms with Crippen LogP contribution in [0.3, 0.4) is 0 Å². The van der Waals surface area contributed by atoms with Gasteiger partial charge in [-0.1, -0.05) is 0 Å². The highest BCUT2D eigenvalue weighted by molar-refractivity contribution is 5.93. The van der Waals surface area contributed by atoms with Crippen LogP contribution in [0, 0.1) is 5.92 Å². The molecule has 3 aromatic rings. The van der Waals surface area contributed by atoms with Crippen molar-refractivity contribution < 1.29 is 10.0 Å². The third-order valence-corrected chi connectivity index (χ3v) is 5.97. The van der Waals surface area contributed by atoms with E-state index in [0.29, 0.717) is 29.3 Å². The lowest BCUT2D eigenvalue weighted by Crippen LogP contribution is -2.35. The summed E-state index contributed by atoms with van der Waals surface area (Å²) in [6.45, 7) is 1.04. The quantitative estimate of drug-likeness (QED) is 0.340. The topological polar surface area (TPSA) is 116 Å². The Labute approximate surface area is 167 Å². The molecule has 1 aromatic carbocycles. The second-order valence-corrected chi connectivity index (χ2v) is 7.72. The molecule has 150 valence electrons. The summed E-state index contributed by atoms with van der Waals surface area (Å²) in [6.07, 6.45) is 9.16. The number of carbonyl (C=O) groups excluding carboxylic acids is 1. The molecular formula is C20H23N7O2. The van der Waals surface area contributed by atoms with Crippen molar-refractivity contribution in [1.82, 2.24) is 30.7 Å². The number of hydroxylamine groups is 1. The summed E-state index contributed by atoms with van der Waals surface area (Å²) in [6, 6.07) is 7.33. The minimum absolute atomic E-state index is 0.375. The molecule has 3 heterocycles. The fourth-order valence-electron chi connectivity index (χ4n) is 4.38. The lowest BCUT2D eigenvalue weighted by atomic mass is 9.78. The molecule has 1 aliphatic carbocycles. The number of nitrogens with one attached hydrogen (secondary N) is 4. The molecule has 0 bridgehead atoms. The molecule has 0 spiro atoms. The number of hydrogen-bond acceptors (Lipinski definition) is 7. The predicted octanol–water partition coefficient (Wildman–Crippen LogP) is 1.95. The molecule has 2 fully saturated rings. The summed E-state index contributed by atoms with van der Waals surface area (Å²) in [7, 11) is 0. The number of nitrogens with zero attached hydrogens (tertiary/aromatic N) is 3. The van der Waals surface area contributed by atoms with Crippen LogP contribution in [0.15, 0.2) is 42.9 Å². The van der Waals surface area contributed by atoms with Crippen LogP contribution in [0.2, 0.25) is 0 Å². The van der Waals surface area contributed by atoms with Crippen LogP contribution in [0.5, 0.6) is 0 Å². The molecule has 5 rings (SSSR count). The highest BCUT2D eigenvalue weighted by Gasteiger charge is 2.35. The minimum Gasteiger partial charge on any atom is -0.337 e. The first-order chi connectivity index (χ1) is 14.2. The number of hydrazine groups is 1. The molecule has 9 heteroatoms. The zero-order valence-electron chi connectivity index (χ0n) is 15.8. The number of hydrogen-bond donors (Lipinski definition) is 5. The largest absolute Gasteiger partial charge is 0.337 e. The van der Waals surface area contributed by atoms with E-state index < -0.39 is 5.91 Å². The molecule has 3 unspecified atom stereocenters. The number of fused-ring (bicyclic) bond motifs is 2. The van der Waals surface area contributed by atoms with E-state index in [1.807, 2.05) is 10.6 Å². The van der Waals surface area contributed by atoms with Gasteiger partial charge in [0.05, 0.1) is 5.69 Å². The maximum atomic E-state index is 11.5. The Morgan fingerprint density at radius 2 is 2.10 bits per heavy atom. The number of imidazole rings is 1. The van der Waals surface area contributed by atoms with Gasteiger partial charge in [-0.15, -0.1) is 0 Å². The lowest BCUT2D eigenvalue weighted by molar-refractivity contribution is 0.0706. The smallest absolute Gasteiger partial charge is 0.274 e. The van der Waals surface area contributed by atoms with Gasteiger partial charge in [-0.05, 0) is 49.4 Å². The number of anilines is 2. The highest BCUT2D eigenvalue weighted by Crippen LogP contribution is 2.37. The van der Waals surface area contributed by atoms with Gasteiger partial charge in [0.2, 0.25) is 0 Å². The standard InChI is InChI=1S/C20H23N7O2/c28-20(26-29)12-3-5-15(6-4-12)23-18-19-21-7-8-27(19)11-17(24-18)13-1-2-14-10-22-25-16(14)9-13/h3-8,11,13-14,16,22,25,29H,1-2,9-10H2,(H,23,24)(H,26,28). The predicted molar refractivity (Wildman–Crippen MR) is 107 cm³/mol. The summed E-state index contributed by atoms with van der Waals surface area (Å²) < 4.78 is 2.00. The van der Waals surface area contributed by atoms with Crippen molar-refractivity contribution in [2.45, 2.75) is 31.2 Å². The van der Waals surface area contributed by atoms with Crippen LogP contribution in [-0.4, -0.2) is 38.1 Å². The Morgan fingerprint density at radius 3 is 2.93 bits per heavy atom. The Kier molecular flexibility index (Phi) is 4.62. The van der Waals surface area contributed by atoms with Crippen molar-refractivity contribution in [2.75, 3.05) is 11.9 Å². The first-order valence-corrected chi connectivity index (χ1v) is 9.85. The summed E-state index contributed by atoms with van der Waals surface area (Å²) >= 11 is 0. The Balaban J connectivity index is 1.43. The van der Waals surface area contributed by atoms with Gasteiger partial charge in [0.25, 0.3) is 5.91 Å². The highest BCUT2D eigenvalue weighted by atomic mass is 16.5. The molecule has 1 amide bonds. The van der Waals surface area contributed by atoms with Gasteiger partial charge >= 0.3 is 0 Å². The molecule has 9 nitrogen and oxygen atoms in total. The molecule has 2 aliphatic rings. The van der Waals surface area contributed by atoms with E-state index in [-0.39, 0.29) is 0 Å². The Morgan fingerprint density at radius 1 is 1.24 bits per heavy atom. The second kappa shape index (κ2) is 7.43. The molecule has 1 aliphatic heterocycles. The van der Waals surface area contributed by atoms with Gasteiger partial charge in [0, 0.05) is 48.3 Å². The third-order valence-electron chi connectivity index (χ3n) is 5.97. The normalized spacial score (nSPS) is 23.7. The summed E-state index contributed by atoms with van der Waals surface area (Å²) in [4.78, 5) is 20.9. The van der Waals surface area contributed by atoms with Crippen molar-refractivity contribution in [2.24, 2.45) is 5.92 Å². The maximum Gasteiger partial charge on any atom is 0.274 e. The molecule has 29 heavy (non-hydrogen) atoms. The van der Waals surface area contributed by atoms with Crippen LogP contribution in [-0.2, 0) is 0 Å². The number of amides is 1. The number of benzene rings is 1. The summed E-state index contributed by atoms with van der Waals surface area (Å²) in [5.41, 5.74) is 11.3. The minimum atomic E-state index is -0.544. The first kappa shape index (κ1) is 18.0. The number of rotatable bonds is 4. The third kappa shape index (κ3) is 3.44. The van der Waals surface area contributed by atoms with E-state index in [4.69, 9.17) is 10.2 Å². The van der Waals surface area contributed by atoms with Crippen molar-refractivity contribution in [3.05, 3.63) is 54.1 Å². The van der Waals surface area contributed by atoms with E-state index in [2.05, 4.69) is 27.3 Å². The van der Waals surface area contributed by atoms with E-state index in [1.165, 1.54) is 6.42 Å². The zero-order chi connectivity index (χ0) is 19.8. The average Bonchev–Trinajstić information content (AvgIpc) is 3.42. The van der Waals surface area contributed by atoms with Crippen LogP contribution in [0.4, 0.5) is 11.5 Å². The van der Waals surface area contributed by atoms with E-state index in [1.54, 1.807) is 35.9 Å². The van der Waals surface area contributed by atoms with Gasteiger partial charge in [-0.3, -0.25) is 20.9 Å². The summed E-state index contributed by atoms with van der Waals surface area (Å²) in [5, 5.41) is 12.1. The van der Waals surface area contributed by atoms with Gasteiger partial charge < -0.3 is 9.72 Å². The fraction of sp³-hybridized carbons (Fsp3) is 0.350. The molecule has 3 atom stereocenters. The van der Waals surface area contributed by atoms with Gasteiger partial charge in [0.15, 0.2) is 11.5 Å². The van der Waals surface area contributed by atoms with Crippen LogP contribution >= 0.6 is 0 Å².